The SMILES string of the molecule is CC(C)CCCCCCCCCCCCCCC(=O)OCCCCCC(C)C. The zero-order valence-corrected chi connectivity index (χ0v) is 19.9. The summed E-state index contributed by atoms with van der Waals surface area (Å²) in [6, 6.07) is 0. The lowest BCUT2D eigenvalue weighted by atomic mass is 10.0. The van der Waals surface area contributed by atoms with Gasteiger partial charge in [-0.3, -0.25) is 4.79 Å². The van der Waals surface area contributed by atoms with Gasteiger partial charge in [-0.25, -0.2) is 0 Å². The van der Waals surface area contributed by atoms with Gasteiger partial charge in [-0.1, -0.05) is 124 Å². The van der Waals surface area contributed by atoms with Gasteiger partial charge < -0.3 is 4.74 Å². The first-order valence-corrected chi connectivity index (χ1v) is 12.7. The van der Waals surface area contributed by atoms with Crippen LogP contribution in [-0.4, -0.2) is 12.6 Å². The second-order valence-electron chi connectivity index (χ2n) is 9.64. The van der Waals surface area contributed by atoms with Crippen LogP contribution in [0.2, 0.25) is 0 Å². The fourth-order valence-corrected chi connectivity index (χ4v) is 3.68. The van der Waals surface area contributed by atoms with E-state index in [0.717, 1.165) is 24.7 Å². The van der Waals surface area contributed by atoms with Gasteiger partial charge in [0.25, 0.3) is 0 Å². The Morgan fingerprint density at radius 3 is 1.32 bits per heavy atom. The molecule has 0 aromatic rings. The molecule has 2 heteroatoms. The van der Waals surface area contributed by atoms with Crippen LogP contribution in [0.5, 0.6) is 0 Å². The maximum atomic E-state index is 11.7. The molecular formula is C26H52O2. The fourth-order valence-electron chi connectivity index (χ4n) is 3.68. The molecule has 0 heterocycles. The summed E-state index contributed by atoms with van der Waals surface area (Å²) in [6.07, 6.45) is 22.9. The zero-order valence-electron chi connectivity index (χ0n) is 19.9. The monoisotopic (exact) mass is 396 g/mol. The molecule has 0 rings (SSSR count). The molecule has 0 fully saturated rings. The van der Waals surface area contributed by atoms with Gasteiger partial charge in [0.1, 0.15) is 0 Å². The highest BCUT2D eigenvalue weighted by molar-refractivity contribution is 5.69. The van der Waals surface area contributed by atoms with E-state index < -0.39 is 0 Å². The number of esters is 1. The van der Waals surface area contributed by atoms with E-state index in [2.05, 4.69) is 27.7 Å². The molecule has 0 aliphatic carbocycles. The highest BCUT2D eigenvalue weighted by atomic mass is 16.5. The molecule has 28 heavy (non-hydrogen) atoms. The number of unbranched alkanes of at least 4 members (excludes halogenated alkanes) is 13. The van der Waals surface area contributed by atoms with Crippen LogP contribution >= 0.6 is 0 Å². The molecule has 0 aromatic heterocycles. The largest absolute Gasteiger partial charge is 0.466 e. The lowest BCUT2D eigenvalue weighted by Gasteiger charge is -2.06. The quantitative estimate of drug-likeness (QED) is 0.143. The molecule has 0 radical (unpaired) electrons. The lowest BCUT2D eigenvalue weighted by molar-refractivity contribution is -0.143. The summed E-state index contributed by atoms with van der Waals surface area (Å²) in [5.41, 5.74) is 0. The summed E-state index contributed by atoms with van der Waals surface area (Å²) in [6.45, 7) is 9.78. The predicted molar refractivity (Wildman–Crippen MR) is 124 cm³/mol. The Morgan fingerprint density at radius 1 is 0.536 bits per heavy atom. The summed E-state index contributed by atoms with van der Waals surface area (Å²) >= 11 is 0. The molecule has 0 aromatic carbocycles. The minimum atomic E-state index is 0.0113. The van der Waals surface area contributed by atoms with E-state index in [1.807, 2.05) is 0 Å². The minimum absolute atomic E-state index is 0.0113. The van der Waals surface area contributed by atoms with E-state index in [9.17, 15) is 4.79 Å². The molecule has 0 atom stereocenters. The van der Waals surface area contributed by atoms with Crippen LogP contribution in [0.15, 0.2) is 0 Å². The molecular weight excluding hydrogens is 344 g/mol. The Kier molecular flexibility index (Phi) is 20.8. The highest BCUT2D eigenvalue weighted by Gasteiger charge is 2.03. The van der Waals surface area contributed by atoms with Crippen molar-refractivity contribution in [3.63, 3.8) is 0 Å². The van der Waals surface area contributed by atoms with Crippen LogP contribution < -0.4 is 0 Å². The van der Waals surface area contributed by atoms with Crippen molar-refractivity contribution < 1.29 is 9.53 Å². The average molecular weight is 397 g/mol. The Labute approximate surface area is 177 Å². The van der Waals surface area contributed by atoms with Crippen molar-refractivity contribution in [2.24, 2.45) is 11.8 Å². The van der Waals surface area contributed by atoms with Gasteiger partial charge in [-0.15, -0.1) is 0 Å². The third kappa shape index (κ3) is 23.5. The van der Waals surface area contributed by atoms with Crippen molar-refractivity contribution in [2.75, 3.05) is 6.61 Å². The Balaban J connectivity index is 3.15. The highest BCUT2D eigenvalue weighted by Crippen LogP contribution is 2.14. The molecule has 168 valence electrons. The first-order chi connectivity index (χ1) is 13.5. The van der Waals surface area contributed by atoms with E-state index in [1.54, 1.807) is 0 Å². The zero-order chi connectivity index (χ0) is 20.9. The van der Waals surface area contributed by atoms with Gasteiger partial charge in [-0.2, -0.15) is 0 Å². The van der Waals surface area contributed by atoms with Crippen LogP contribution in [0, 0.1) is 11.8 Å². The molecule has 2 nitrogen and oxygen atoms in total. The molecule has 0 N–H and O–H groups in total. The van der Waals surface area contributed by atoms with Crippen molar-refractivity contribution in [2.45, 2.75) is 143 Å². The number of carbonyl (C=O) groups excluding carboxylic acids is 1. The molecule has 0 aliphatic rings. The topological polar surface area (TPSA) is 26.3 Å². The fraction of sp³-hybridized carbons (Fsp3) is 0.962. The van der Waals surface area contributed by atoms with Gasteiger partial charge >= 0.3 is 5.97 Å². The second kappa shape index (κ2) is 21.2. The minimum Gasteiger partial charge on any atom is -0.466 e. The van der Waals surface area contributed by atoms with Crippen molar-refractivity contribution in [3.8, 4) is 0 Å². The van der Waals surface area contributed by atoms with E-state index in [1.165, 1.54) is 96.3 Å². The second-order valence-corrected chi connectivity index (χ2v) is 9.64. The van der Waals surface area contributed by atoms with E-state index in [0.29, 0.717) is 13.0 Å². The standard InChI is InChI=1S/C26H52O2/c1-24(2)20-16-13-11-9-7-5-6-8-10-12-14-18-22-26(27)28-23-19-15-17-21-25(3)4/h24-25H,5-23H2,1-4H3. The van der Waals surface area contributed by atoms with Crippen molar-refractivity contribution in [1.29, 1.82) is 0 Å². The number of hydrogen-bond donors (Lipinski definition) is 0. The number of hydrogen-bond acceptors (Lipinski definition) is 2. The number of rotatable bonds is 21. The maximum absolute atomic E-state index is 11.7. The molecule has 0 amide bonds. The molecule has 0 unspecified atom stereocenters. The third-order valence-corrected chi connectivity index (χ3v) is 5.60. The van der Waals surface area contributed by atoms with E-state index in [4.69, 9.17) is 4.74 Å². The Hall–Kier alpha value is -0.530. The van der Waals surface area contributed by atoms with Crippen molar-refractivity contribution in [1.82, 2.24) is 0 Å². The Morgan fingerprint density at radius 2 is 0.893 bits per heavy atom. The van der Waals surface area contributed by atoms with Crippen LogP contribution in [0.3, 0.4) is 0 Å². The normalized spacial score (nSPS) is 11.5. The van der Waals surface area contributed by atoms with Gasteiger partial charge in [0.15, 0.2) is 0 Å². The summed E-state index contributed by atoms with van der Waals surface area (Å²) in [5, 5.41) is 0. The number of carbonyl (C=O) groups is 1. The summed E-state index contributed by atoms with van der Waals surface area (Å²) in [5.74, 6) is 1.67. The lowest BCUT2D eigenvalue weighted by Crippen LogP contribution is -2.05. The van der Waals surface area contributed by atoms with Crippen molar-refractivity contribution >= 4 is 5.97 Å². The first kappa shape index (κ1) is 27.5. The van der Waals surface area contributed by atoms with Crippen molar-refractivity contribution in [3.05, 3.63) is 0 Å². The van der Waals surface area contributed by atoms with E-state index in [-0.39, 0.29) is 5.97 Å². The van der Waals surface area contributed by atoms with Gasteiger partial charge in [0.05, 0.1) is 6.61 Å². The van der Waals surface area contributed by atoms with Crippen LogP contribution in [0.4, 0.5) is 0 Å². The molecule has 0 saturated heterocycles. The summed E-state index contributed by atoms with van der Waals surface area (Å²) in [4.78, 5) is 11.7. The van der Waals surface area contributed by atoms with Gasteiger partial charge in [0.2, 0.25) is 0 Å². The molecule has 0 aliphatic heterocycles. The summed E-state index contributed by atoms with van der Waals surface area (Å²) < 4.78 is 5.33. The third-order valence-electron chi connectivity index (χ3n) is 5.60. The van der Waals surface area contributed by atoms with Crippen LogP contribution in [0.25, 0.3) is 0 Å². The van der Waals surface area contributed by atoms with E-state index >= 15 is 0 Å². The maximum Gasteiger partial charge on any atom is 0.305 e. The van der Waals surface area contributed by atoms with Gasteiger partial charge in [0, 0.05) is 6.42 Å². The molecule has 0 saturated carbocycles. The molecule has 0 spiro atoms. The Bertz CT molecular complexity index is 322. The van der Waals surface area contributed by atoms with Crippen LogP contribution in [0.1, 0.15) is 143 Å². The first-order valence-electron chi connectivity index (χ1n) is 12.7. The molecule has 0 bridgehead atoms. The predicted octanol–water partition coefficient (Wildman–Crippen LogP) is 8.86. The van der Waals surface area contributed by atoms with Crippen LogP contribution in [-0.2, 0) is 9.53 Å². The average Bonchev–Trinajstić information content (AvgIpc) is 2.64. The van der Waals surface area contributed by atoms with Gasteiger partial charge in [-0.05, 0) is 24.7 Å². The number of ether oxygens (including phenoxy) is 1. The smallest absolute Gasteiger partial charge is 0.305 e. The summed E-state index contributed by atoms with van der Waals surface area (Å²) in [7, 11) is 0.